The Morgan fingerprint density at radius 3 is 2.57 bits per heavy atom. The molecule has 0 saturated carbocycles. The van der Waals surface area contributed by atoms with Gasteiger partial charge < -0.3 is 9.53 Å². The van der Waals surface area contributed by atoms with E-state index in [2.05, 4.69) is 11.3 Å². The van der Waals surface area contributed by atoms with Gasteiger partial charge in [-0.2, -0.15) is 0 Å². The smallest absolute Gasteiger partial charge is 0.0671 e. The zero-order valence-electron chi connectivity index (χ0n) is 4.02. The standard InChI is InChI=1S/C4H5O2.Zn/c1-2-3-6-4-5;/h2H,1,3H2;/q-1;. The predicted molar refractivity (Wildman–Crippen MR) is 21.8 cm³/mol. The van der Waals surface area contributed by atoms with Crippen LogP contribution in [0.4, 0.5) is 0 Å². The van der Waals surface area contributed by atoms with Gasteiger partial charge in [0.15, 0.2) is 0 Å². The van der Waals surface area contributed by atoms with Crippen molar-refractivity contribution in [2.45, 2.75) is 0 Å². The molecule has 0 N–H and O–H groups in total. The first-order chi connectivity index (χ1) is 2.91. The fraction of sp³-hybridized carbons (Fsp3) is 0.250. The van der Waals surface area contributed by atoms with Crippen LogP contribution in [0.2, 0.25) is 0 Å². The summed E-state index contributed by atoms with van der Waals surface area (Å²) in [5.74, 6) is 0. The van der Waals surface area contributed by atoms with Crippen LogP contribution in [0.3, 0.4) is 0 Å². The maximum absolute atomic E-state index is 9.17. The summed E-state index contributed by atoms with van der Waals surface area (Å²) >= 11 is 0. The molecule has 0 rings (SSSR count). The number of carbonyl (C=O) groups excluding carboxylic acids is 1. The molecule has 36 valence electrons. The molecule has 3 heteroatoms. The molecule has 0 atom stereocenters. The average Bonchev–Trinajstić information content (AvgIpc) is 1.61. The summed E-state index contributed by atoms with van der Waals surface area (Å²) in [5.41, 5.74) is 0. The molecule has 0 bridgehead atoms. The van der Waals surface area contributed by atoms with Gasteiger partial charge in [-0.3, -0.25) is 0 Å². The molecule has 0 aliphatic rings. The Labute approximate surface area is 55.3 Å². The first-order valence-electron chi connectivity index (χ1n) is 1.51. The Balaban J connectivity index is 0. The van der Waals surface area contributed by atoms with E-state index in [9.17, 15) is 0 Å². The fourth-order valence-electron chi connectivity index (χ4n) is 0.0929. The molecule has 0 radical (unpaired) electrons. The Bertz CT molecular complexity index is 45.7. The summed E-state index contributed by atoms with van der Waals surface area (Å²) in [7, 11) is 0. The van der Waals surface area contributed by atoms with Gasteiger partial charge in [-0.1, -0.05) is 19.1 Å². The van der Waals surface area contributed by atoms with Gasteiger partial charge in [-0.25, -0.2) is 0 Å². The van der Waals surface area contributed by atoms with Crippen LogP contribution in [0, 0.1) is 0 Å². The Morgan fingerprint density at radius 2 is 2.43 bits per heavy atom. The Morgan fingerprint density at radius 1 is 1.86 bits per heavy atom. The van der Waals surface area contributed by atoms with Gasteiger partial charge in [0.1, 0.15) is 0 Å². The van der Waals surface area contributed by atoms with E-state index in [0.717, 1.165) is 0 Å². The molecule has 0 spiro atoms. The van der Waals surface area contributed by atoms with Gasteiger partial charge in [0, 0.05) is 19.5 Å². The molecule has 0 aromatic heterocycles. The normalized spacial score (nSPS) is 5.71. The predicted octanol–water partition coefficient (Wildman–Crippen LogP) is 0.254. The monoisotopic (exact) mass is 149 g/mol. The molecule has 0 aliphatic carbocycles. The summed E-state index contributed by atoms with van der Waals surface area (Å²) in [5, 5.41) is 0. The van der Waals surface area contributed by atoms with E-state index in [-0.39, 0.29) is 26.1 Å². The maximum atomic E-state index is 9.17. The van der Waals surface area contributed by atoms with Crippen molar-refractivity contribution in [1.82, 2.24) is 0 Å². The molecule has 0 fully saturated rings. The van der Waals surface area contributed by atoms with E-state index in [1.165, 1.54) is 12.5 Å². The van der Waals surface area contributed by atoms with Crippen molar-refractivity contribution in [3.05, 3.63) is 12.7 Å². The van der Waals surface area contributed by atoms with Crippen molar-refractivity contribution in [1.29, 1.82) is 0 Å². The molecule has 0 amide bonds. The molecule has 7 heavy (non-hydrogen) atoms. The van der Waals surface area contributed by atoms with E-state index in [1.807, 2.05) is 0 Å². The molecule has 0 saturated heterocycles. The molecule has 0 aromatic carbocycles. The number of hydrogen-bond donors (Lipinski definition) is 0. The molecular weight excluding hydrogens is 145 g/mol. The van der Waals surface area contributed by atoms with Gasteiger partial charge in [-0.15, -0.1) is 0 Å². The number of rotatable bonds is 3. The van der Waals surface area contributed by atoms with Crippen LogP contribution in [-0.2, 0) is 29.0 Å². The van der Waals surface area contributed by atoms with Crippen molar-refractivity contribution < 1.29 is 29.0 Å². The van der Waals surface area contributed by atoms with Gasteiger partial charge in [0.05, 0.1) is 6.61 Å². The molecule has 0 aromatic rings. The van der Waals surface area contributed by atoms with E-state index < -0.39 is 0 Å². The number of hydrogen-bond acceptors (Lipinski definition) is 2. The minimum Gasteiger partial charge on any atom is -0.650 e. The summed E-state index contributed by atoms with van der Waals surface area (Å²) in [6.07, 6.45) is 1.48. The zero-order chi connectivity index (χ0) is 4.83. The molecular formula is C4H5O2Zn-. The van der Waals surface area contributed by atoms with Crippen LogP contribution in [-0.4, -0.2) is 13.1 Å². The number of ether oxygens (including phenoxy) is 1. The molecule has 0 unspecified atom stereocenters. The van der Waals surface area contributed by atoms with E-state index in [4.69, 9.17) is 4.79 Å². The minimum atomic E-state index is 0. The van der Waals surface area contributed by atoms with Crippen LogP contribution in [0.1, 0.15) is 0 Å². The van der Waals surface area contributed by atoms with Crippen LogP contribution in [0.15, 0.2) is 12.7 Å². The summed E-state index contributed by atoms with van der Waals surface area (Å²) in [6.45, 7) is 4.80. The summed E-state index contributed by atoms with van der Waals surface area (Å²) in [6, 6.07) is 0. The third-order valence-corrected chi connectivity index (χ3v) is 0.260. The minimum absolute atomic E-state index is 0. The van der Waals surface area contributed by atoms with Gasteiger partial charge >= 0.3 is 0 Å². The third kappa shape index (κ3) is 10.7. The first kappa shape index (κ1) is 9.95. The third-order valence-electron chi connectivity index (χ3n) is 0.260. The van der Waals surface area contributed by atoms with Crippen LogP contribution >= 0.6 is 0 Å². The second-order valence-corrected chi connectivity index (χ2v) is 0.683. The van der Waals surface area contributed by atoms with Gasteiger partial charge in [-0.05, 0) is 0 Å². The van der Waals surface area contributed by atoms with Crippen LogP contribution in [0.5, 0.6) is 0 Å². The molecule has 2 nitrogen and oxygen atoms in total. The van der Waals surface area contributed by atoms with Crippen molar-refractivity contribution in [3.63, 3.8) is 0 Å². The Hall–Kier alpha value is -0.167. The van der Waals surface area contributed by atoms with Crippen LogP contribution < -0.4 is 0 Å². The topological polar surface area (TPSA) is 26.3 Å². The average molecular weight is 150 g/mol. The van der Waals surface area contributed by atoms with Gasteiger partial charge in [0.2, 0.25) is 0 Å². The quantitative estimate of drug-likeness (QED) is 0.250. The van der Waals surface area contributed by atoms with E-state index >= 15 is 0 Å². The largest absolute Gasteiger partial charge is 0.650 e. The second kappa shape index (κ2) is 9.27. The van der Waals surface area contributed by atoms with Crippen molar-refractivity contribution in [2.75, 3.05) is 6.61 Å². The van der Waals surface area contributed by atoms with Crippen molar-refractivity contribution in [2.24, 2.45) is 0 Å². The SMILES string of the molecule is C=CCO[C-]=O.[Zn]. The first-order valence-corrected chi connectivity index (χ1v) is 1.51. The van der Waals surface area contributed by atoms with Crippen molar-refractivity contribution in [3.8, 4) is 0 Å². The Kier molecular flexibility index (Phi) is 13.2. The van der Waals surface area contributed by atoms with E-state index in [1.54, 1.807) is 0 Å². The maximum Gasteiger partial charge on any atom is 0.0671 e. The van der Waals surface area contributed by atoms with E-state index in [0.29, 0.717) is 0 Å². The van der Waals surface area contributed by atoms with Gasteiger partial charge in [0.25, 0.3) is 0 Å². The second-order valence-electron chi connectivity index (χ2n) is 0.683. The summed E-state index contributed by atoms with van der Waals surface area (Å²) < 4.78 is 4.06. The van der Waals surface area contributed by atoms with Crippen molar-refractivity contribution >= 4 is 6.47 Å². The summed E-state index contributed by atoms with van der Waals surface area (Å²) in [4.78, 5) is 9.17. The molecule has 0 heterocycles. The zero-order valence-corrected chi connectivity index (χ0v) is 6.98. The van der Waals surface area contributed by atoms with Crippen LogP contribution in [0.25, 0.3) is 0 Å². The fourth-order valence-corrected chi connectivity index (χ4v) is 0.0929. The molecule has 0 aliphatic heterocycles.